The summed E-state index contributed by atoms with van der Waals surface area (Å²) < 4.78 is 50.5. The molecule has 1 heterocycles. The molecular formula is C15H16ClN3O4S3. The summed E-state index contributed by atoms with van der Waals surface area (Å²) in [4.78, 5) is -0.628. The Balaban J connectivity index is 1.79. The van der Waals surface area contributed by atoms with Crippen LogP contribution in [0.25, 0.3) is 0 Å². The molecule has 7 nitrogen and oxygen atoms in total. The van der Waals surface area contributed by atoms with Crippen molar-refractivity contribution in [2.75, 3.05) is 11.1 Å². The summed E-state index contributed by atoms with van der Waals surface area (Å²) >= 11 is 7.51. The smallest absolute Gasteiger partial charge is 0.244 e. The molecule has 11 heteroatoms. The van der Waals surface area contributed by atoms with Crippen molar-refractivity contribution in [3.05, 3.63) is 53.1 Å². The van der Waals surface area contributed by atoms with Crippen molar-refractivity contribution in [1.29, 1.82) is 0 Å². The lowest BCUT2D eigenvalue weighted by Gasteiger charge is -2.28. The van der Waals surface area contributed by atoms with E-state index in [9.17, 15) is 16.8 Å². The first-order valence-corrected chi connectivity index (χ1v) is 12.0. The van der Waals surface area contributed by atoms with E-state index in [-0.39, 0.29) is 15.6 Å². The summed E-state index contributed by atoms with van der Waals surface area (Å²) in [5.74, 6) is 1.21. The minimum Gasteiger partial charge on any atom is -0.367 e. The number of benzene rings is 2. The average Bonchev–Trinajstić information content (AvgIpc) is 2.53. The quantitative estimate of drug-likeness (QED) is 0.663. The third-order valence-corrected chi connectivity index (χ3v) is 7.65. The third kappa shape index (κ3) is 4.33. The summed E-state index contributed by atoms with van der Waals surface area (Å²) in [5.41, 5.74) is 1.38. The Morgan fingerprint density at radius 1 is 1.19 bits per heavy atom. The van der Waals surface area contributed by atoms with Crippen molar-refractivity contribution in [2.45, 2.75) is 21.7 Å². The van der Waals surface area contributed by atoms with Crippen molar-refractivity contribution in [2.24, 2.45) is 5.14 Å². The number of hydrogen-bond donors (Lipinski definition) is 3. The molecular weight excluding hydrogens is 418 g/mol. The van der Waals surface area contributed by atoms with Crippen LogP contribution >= 0.6 is 23.4 Å². The number of primary sulfonamides is 1. The molecule has 0 saturated heterocycles. The van der Waals surface area contributed by atoms with Crippen LogP contribution in [0, 0.1) is 0 Å². The molecule has 1 atom stereocenters. The van der Waals surface area contributed by atoms with Crippen LogP contribution in [0.5, 0.6) is 0 Å². The maximum absolute atomic E-state index is 12.5. The van der Waals surface area contributed by atoms with Crippen LogP contribution in [0.1, 0.15) is 5.56 Å². The molecule has 0 aromatic heterocycles. The van der Waals surface area contributed by atoms with E-state index in [4.69, 9.17) is 16.7 Å². The van der Waals surface area contributed by atoms with E-state index < -0.39 is 31.1 Å². The van der Waals surface area contributed by atoms with Crippen molar-refractivity contribution in [3.8, 4) is 0 Å². The molecule has 0 unspecified atom stereocenters. The van der Waals surface area contributed by atoms with E-state index >= 15 is 0 Å². The van der Waals surface area contributed by atoms with Gasteiger partial charge in [0.1, 0.15) is 9.79 Å². The molecule has 1 aliphatic heterocycles. The second kappa shape index (κ2) is 7.37. The van der Waals surface area contributed by atoms with E-state index in [2.05, 4.69) is 10.0 Å². The van der Waals surface area contributed by atoms with Gasteiger partial charge in [0.25, 0.3) is 0 Å². The van der Waals surface area contributed by atoms with Crippen LogP contribution in [-0.4, -0.2) is 28.8 Å². The van der Waals surface area contributed by atoms with Gasteiger partial charge in [-0.3, -0.25) is 0 Å². The van der Waals surface area contributed by atoms with Crippen LogP contribution in [0.3, 0.4) is 0 Å². The van der Waals surface area contributed by atoms with Crippen LogP contribution in [0.2, 0.25) is 5.02 Å². The summed E-state index contributed by atoms with van der Waals surface area (Å²) in [6.07, 6.45) is -0.544. The third-order valence-electron chi connectivity index (χ3n) is 3.65. The first-order chi connectivity index (χ1) is 12.2. The number of nitrogens with one attached hydrogen (secondary N) is 2. The van der Waals surface area contributed by atoms with Gasteiger partial charge in [-0.15, -0.1) is 0 Å². The zero-order valence-corrected chi connectivity index (χ0v) is 16.6. The number of anilines is 1. The van der Waals surface area contributed by atoms with Crippen LogP contribution in [-0.2, 0) is 25.8 Å². The number of rotatable bonds is 5. The predicted octanol–water partition coefficient (Wildman–Crippen LogP) is 1.95. The van der Waals surface area contributed by atoms with Gasteiger partial charge in [-0.2, -0.15) is 16.5 Å². The van der Waals surface area contributed by atoms with Crippen LogP contribution in [0.15, 0.2) is 52.3 Å². The Morgan fingerprint density at radius 2 is 1.88 bits per heavy atom. The van der Waals surface area contributed by atoms with E-state index in [1.54, 1.807) is 11.8 Å². The Morgan fingerprint density at radius 3 is 2.54 bits per heavy atom. The second-order valence-corrected chi connectivity index (χ2v) is 10.3. The molecule has 2 aromatic carbocycles. The minimum atomic E-state index is -4.13. The van der Waals surface area contributed by atoms with Gasteiger partial charge in [-0.05, 0) is 17.7 Å². The summed E-state index contributed by atoms with van der Waals surface area (Å²) in [7, 11) is -8.02. The molecule has 1 aliphatic rings. The van der Waals surface area contributed by atoms with E-state index in [0.717, 1.165) is 17.4 Å². The standard InChI is InChI=1S/C15H16ClN3O4S3/c16-11-6-12-14(7-13(11)25(17,20)21)26(22,23)19-15(18-12)9-24-8-10-4-2-1-3-5-10/h1-7,15,18-19H,8-9H2,(H2,17,20,21)/t15-/m1/s1. The Labute approximate surface area is 161 Å². The molecule has 2 aromatic rings. The molecule has 0 amide bonds. The minimum absolute atomic E-state index is 0.133. The van der Waals surface area contributed by atoms with Gasteiger partial charge in [0.2, 0.25) is 20.0 Å². The van der Waals surface area contributed by atoms with Gasteiger partial charge >= 0.3 is 0 Å². The molecule has 0 aliphatic carbocycles. The summed E-state index contributed by atoms with van der Waals surface area (Å²) in [6.45, 7) is 0. The van der Waals surface area contributed by atoms with Crippen molar-refractivity contribution in [3.63, 3.8) is 0 Å². The highest BCUT2D eigenvalue weighted by Gasteiger charge is 2.31. The molecule has 0 spiro atoms. The number of sulfonamides is 2. The van der Waals surface area contributed by atoms with E-state index in [0.29, 0.717) is 5.75 Å². The van der Waals surface area contributed by atoms with E-state index in [1.807, 2.05) is 30.3 Å². The zero-order valence-electron chi connectivity index (χ0n) is 13.3. The first kappa shape index (κ1) is 19.5. The molecule has 0 fully saturated rings. The number of nitrogens with two attached hydrogens (primary N) is 1. The van der Waals surface area contributed by atoms with Gasteiger partial charge in [0.15, 0.2) is 0 Å². The molecule has 0 bridgehead atoms. The van der Waals surface area contributed by atoms with Crippen molar-refractivity contribution < 1.29 is 16.8 Å². The molecule has 3 rings (SSSR count). The Bertz CT molecular complexity index is 1030. The maximum Gasteiger partial charge on any atom is 0.244 e. The molecule has 26 heavy (non-hydrogen) atoms. The van der Waals surface area contributed by atoms with Gasteiger partial charge < -0.3 is 5.32 Å². The number of thioether (sulfide) groups is 1. The van der Waals surface area contributed by atoms with E-state index in [1.165, 1.54) is 6.07 Å². The zero-order chi connectivity index (χ0) is 18.9. The van der Waals surface area contributed by atoms with Crippen molar-refractivity contribution in [1.82, 2.24) is 4.72 Å². The molecule has 0 saturated carbocycles. The lowest BCUT2D eigenvalue weighted by atomic mass is 10.2. The largest absolute Gasteiger partial charge is 0.367 e. The van der Waals surface area contributed by atoms with Gasteiger partial charge in [-0.1, -0.05) is 41.9 Å². The van der Waals surface area contributed by atoms with Crippen LogP contribution in [0.4, 0.5) is 5.69 Å². The highest BCUT2D eigenvalue weighted by atomic mass is 35.5. The lowest BCUT2D eigenvalue weighted by Crippen LogP contribution is -2.46. The SMILES string of the molecule is NS(=O)(=O)c1cc2c(cc1Cl)N[C@@H](CSCc1ccccc1)NS2(=O)=O. The monoisotopic (exact) mass is 433 g/mol. The fraction of sp³-hybridized carbons (Fsp3) is 0.200. The fourth-order valence-electron chi connectivity index (χ4n) is 2.50. The summed E-state index contributed by atoms with van der Waals surface area (Å²) in [5, 5.41) is 7.97. The highest BCUT2D eigenvalue weighted by Crippen LogP contribution is 2.34. The van der Waals surface area contributed by atoms with Gasteiger partial charge in [0.05, 0.1) is 16.9 Å². The predicted molar refractivity (Wildman–Crippen MR) is 103 cm³/mol. The second-order valence-electron chi connectivity index (χ2n) is 5.64. The van der Waals surface area contributed by atoms with Gasteiger partial charge in [-0.25, -0.2) is 22.0 Å². The maximum atomic E-state index is 12.5. The van der Waals surface area contributed by atoms with Crippen LogP contribution < -0.4 is 15.2 Å². The number of halogens is 1. The first-order valence-electron chi connectivity index (χ1n) is 7.44. The molecule has 0 radical (unpaired) electrons. The summed E-state index contributed by atoms with van der Waals surface area (Å²) in [6, 6.07) is 12.0. The lowest BCUT2D eigenvalue weighted by molar-refractivity contribution is 0.566. The van der Waals surface area contributed by atoms with Crippen molar-refractivity contribution >= 4 is 49.1 Å². The molecule has 4 N–H and O–H groups in total. The normalized spacial score (nSPS) is 18.8. The fourth-order valence-corrected chi connectivity index (χ4v) is 6.05. The topological polar surface area (TPSA) is 118 Å². The Kier molecular flexibility index (Phi) is 5.52. The molecule has 140 valence electrons. The Hall–Kier alpha value is -1.30. The van der Waals surface area contributed by atoms with Gasteiger partial charge in [0, 0.05) is 11.5 Å². The number of hydrogen-bond acceptors (Lipinski definition) is 6. The number of fused-ring (bicyclic) bond motifs is 1. The average molecular weight is 434 g/mol. The highest BCUT2D eigenvalue weighted by molar-refractivity contribution is 7.98.